The Hall–Kier alpha value is -2.02. The predicted octanol–water partition coefficient (Wildman–Crippen LogP) is 2.59. The molecule has 0 radical (unpaired) electrons. The van der Waals surface area contributed by atoms with Gasteiger partial charge in [-0.1, -0.05) is 0 Å². The van der Waals surface area contributed by atoms with Gasteiger partial charge in [-0.2, -0.15) is 13.2 Å². The fourth-order valence-corrected chi connectivity index (χ4v) is 1.96. The lowest BCUT2D eigenvalue weighted by Crippen LogP contribution is -2.13. The Kier molecular flexibility index (Phi) is 3.71. The summed E-state index contributed by atoms with van der Waals surface area (Å²) < 4.78 is 39.8. The molecule has 1 heterocycles. The van der Waals surface area contributed by atoms with Crippen molar-refractivity contribution in [1.29, 1.82) is 0 Å². The van der Waals surface area contributed by atoms with E-state index in [1.54, 1.807) is 10.8 Å². The van der Waals surface area contributed by atoms with Crippen molar-refractivity contribution in [3.63, 3.8) is 0 Å². The standard InChI is InChI=1S/C13H14F3N3O/c1-2-19-6-5-18-12(19)11(20)9-7-8(13(14,15)16)3-4-10(9)17/h3-7,11,20H,2,17H2,1H3. The molecule has 2 rings (SSSR count). The van der Waals surface area contributed by atoms with Gasteiger partial charge in [-0.15, -0.1) is 0 Å². The van der Waals surface area contributed by atoms with Crippen LogP contribution in [0.1, 0.15) is 30.0 Å². The number of aromatic nitrogens is 2. The molecule has 0 aliphatic heterocycles. The molecule has 0 amide bonds. The molecule has 2 aromatic rings. The fraction of sp³-hybridized carbons (Fsp3) is 0.308. The minimum atomic E-state index is -4.48. The third-order valence-corrected chi connectivity index (χ3v) is 3.04. The van der Waals surface area contributed by atoms with Crippen LogP contribution in [0, 0.1) is 0 Å². The van der Waals surface area contributed by atoms with Gasteiger partial charge < -0.3 is 15.4 Å². The fourth-order valence-electron chi connectivity index (χ4n) is 1.96. The van der Waals surface area contributed by atoms with E-state index in [2.05, 4.69) is 4.98 Å². The molecule has 3 N–H and O–H groups in total. The molecule has 0 bridgehead atoms. The summed E-state index contributed by atoms with van der Waals surface area (Å²) in [6.07, 6.45) is -2.66. The summed E-state index contributed by atoms with van der Waals surface area (Å²) in [6.45, 7) is 2.39. The first-order valence-corrected chi connectivity index (χ1v) is 6.00. The number of aliphatic hydroxyl groups is 1. The Labute approximate surface area is 113 Å². The van der Waals surface area contributed by atoms with Gasteiger partial charge in [0.05, 0.1) is 5.56 Å². The molecule has 0 aliphatic rings. The molecular weight excluding hydrogens is 271 g/mol. The van der Waals surface area contributed by atoms with E-state index in [0.717, 1.165) is 18.2 Å². The van der Waals surface area contributed by atoms with Gasteiger partial charge in [-0.05, 0) is 25.1 Å². The zero-order valence-corrected chi connectivity index (χ0v) is 10.7. The van der Waals surface area contributed by atoms with Crippen LogP contribution in [0.15, 0.2) is 30.6 Å². The van der Waals surface area contributed by atoms with Crippen LogP contribution in [-0.4, -0.2) is 14.7 Å². The average Bonchev–Trinajstić information content (AvgIpc) is 2.85. The van der Waals surface area contributed by atoms with E-state index < -0.39 is 17.8 Å². The summed E-state index contributed by atoms with van der Waals surface area (Å²) in [5.41, 5.74) is 4.91. The van der Waals surface area contributed by atoms with Crippen molar-refractivity contribution >= 4 is 5.69 Å². The maximum atomic E-state index is 12.7. The number of aliphatic hydroxyl groups excluding tert-OH is 1. The summed E-state index contributed by atoms with van der Waals surface area (Å²) in [5.74, 6) is 0.263. The Morgan fingerprint density at radius 3 is 2.70 bits per heavy atom. The Bertz CT molecular complexity index is 607. The van der Waals surface area contributed by atoms with Crippen molar-refractivity contribution in [1.82, 2.24) is 9.55 Å². The van der Waals surface area contributed by atoms with Crippen molar-refractivity contribution in [2.24, 2.45) is 0 Å². The molecule has 4 nitrogen and oxygen atoms in total. The molecule has 0 spiro atoms. The Balaban J connectivity index is 2.46. The summed E-state index contributed by atoms with van der Waals surface area (Å²) in [7, 11) is 0. The highest BCUT2D eigenvalue weighted by Gasteiger charge is 2.32. The number of nitrogens with two attached hydrogens (primary N) is 1. The van der Waals surface area contributed by atoms with Gasteiger partial charge in [0.25, 0.3) is 0 Å². The number of hydrogen-bond acceptors (Lipinski definition) is 3. The van der Waals surface area contributed by atoms with Crippen molar-refractivity contribution < 1.29 is 18.3 Å². The van der Waals surface area contributed by atoms with Gasteiger partial charge in [0.1, 0.15) is 11.9 Å². The van der Waals surface area contributed by atoms with E-state index in [-0.39, 0.29) is 17.1 Å². The van der Waals surface area contributed by atoms with E-state index >= 15 is 0 Å². The maximum absolute atomic E-state index is 12.7. The molecular formula is C13H14F3N3O. The summed E-state index contributed by atoms with van der Waals surface area (Å²) >= 11 is 0. The van der Waals surface area contributed by atoms with Gasteiger partial charge in [0.15, 0.2) is 0 Å². The lowest BCUT2D eigenvalue weighted by Gasteiger charge is -2.16. The molecule has 0 fully saturated rings. The van der Waals surface area contributed by atoms with Crippen LogP contribution in [0.4, 0.5) is 18.9 Å². The number of imidazole rings is 1. The predicted molar refractivity (Wildman–Crippen MR) is 67.8 cm³/mol. The van der Waals surface area contributed by atoms with Crippen LogP contribution in [0.25, 0.3) is 0 Å². The van der Waals surface area contributed by atoms with Gasteiger partial charge >= 0.3 is 6.18 Å². The minimum absolute atomic E-state index is 0.000671. The maximum Gasteiger partial charge on any atom is 0.416 e. The van der Waals surface area contributed by atoms with E-state index in [4.69, 9.17) is 5.73 Å². The van der Waals surface area contributed by atoms with Crippen molar-refractivity contribution in [2.45, 2.75) is 25.7 Å². The molecule has 0 saturated heterocycles. The molecule has 1 atom stereocenters. The molecule has 1 aromatic heterocycles. The average molecular weight is 285 g/mol. The molecule has 1 unspecified atom stereocenters. The number of aryl methyl sites for hydroxylation is 1. The van der Waals surface area contributed by atoms with Gasteiger partial charge in [-0.3, -0.25) is 0 Å². The summed E-state index contributed by atoms with van der Waals surface area (Å²) in [4.78, 5) is 3.97. The third-order valence-electron chi connectivity index (χ3n) is 3.04. The monoisotopic (exact) mass is 285 g/mol. The number of anilines is 1. The van der Waals surface area contributed by atoms with Crippen molar-refractivity contribution in [2.75, 3.05) is 5.73 Å². The molecule has 0 saturated carbocycles. The second kappa shape index (κ2) is 5.16. The zero-order valence-electron chi connectivity index (χ0n) is 10.7. The Morgan fingerprint density at radius 1 is 1.40 bits per heavy atom. The number of alkyl halides is 3. The van der Waals surface area contributed by atoms with Gasteiger partial charge in [0.2, 0.25) is 0 Å². The van der Waals surface area contributed by atoms with Crippen LogP contribution in [0.3, 0.4) is 0 Å². The van der Waals surface area contributed by atoms with Crippen LogP contribution in [0.2, 0.25) is 0 Å². The first-order valence-electron chi connectivity index (χ1n) is 6.00. The molecule has 7 heteroatoms. The molecule has 108 valence electrons. The second-order valence-electron chi connectivity index (χ2n) is 4.32. The number of nitrogens with zero attached hydrogens (tertiary/aromatic N) is 2. The van der Waals surface area contributed by atoms with E-state index in [1.807, 2.05) is 6.92 Å². The largest absolute Gasteiger partial charge is 0.416 e. The van der Waals surface area contributed by atoms with Crippen LogP contribution in [0.5, 0.6) is 0 Å². The highest BCUT2D eigenvalue weighted by atomic mass is 19.4. The molecule has 20 heavy (non-hydrogen) atoms. The summed E-state index contributed by atoms with van der Waals surface area (Å²) in [5, 5.41) is 10.2. The zero-order chi connectivity index (χ0) is 14.9. The SMILES string of the molecule is CCn1ccnc1C(O)c1cc(C(F)(F)F)ccc1N. The molecule has 1 aromatic carbocycles. The van der Waals surface area contributed by atoms with Crippen LogP contribution >= 0.6 is 0 Å². The van der Waals surface area contributed by atoms with Crippen LogP contribution < -0.4 is 5.73 Å². The second-order valence-corrected chi connectivity index (χ2v) is 4.32. The Morgan fingerprint density at radius 2 is 2.10 bits per heavy atom. The number of hydrogen-bond donors (Lipinski definition) is 2. The van der Waals surface area contributed by atoms with Crippen LogP contribution in [-0.2, 0) is 12.7 Å². The van der Waals surface area contributed by atoms with E-state index in [1.165, 1.54) is 6.20 Å². The highest BCUT2D eigenvalue weighted by Crippen LogP contribution is 2.34. The van der Waals surface area contributed by atoms with Crippen molar-refractivity contribution in [3.05, 3.63) is 47.5 Å². The first kappa shape index (κ1) is 14.4. The highest BCUT2D eigenvalue weighted by molar-refractivity contribution is 5.51. The number of rotatable bonds is 3. The van der Waals surface area contributed by atoms with Gasteiger partial charge in [-0.25, -0.2) is 4.98 Å². The number of benzene rings is 1. The normalized spacial score (nSPS) is 13.4. The quantitative estimate of drug-likeness (QED) is 0.852. The summed E-state index contributed by atoms with van der Waals surface area (Å²) in [6, 6.07) is 2.88. The molecule has 0 aliphatic carbocycles. The van der Waals surface area contributed by atoms with Gasteiger partial charge in [0, 0.05) is 30.2 Å². The lowest BCUT2D eigenvalue weighted by atomic mass is 10.0. The minimum Gasteiger partial charge on any atom is -0.398 e. The number of halogens is 3. The lowest BCUT2D eigenvalue weighted by molar-refractivity contribution is -0.137. The van der Waals surface area contributed by atoms with E-state index in [0.29, 0.717) is 6.54 Å². The number of nitrogen functional groups attached to an aromatic ring is 1. The first-order chi connectivity index (χ1) is 9.34. The topological polar surface area (TPSA) is 64.1 Å². The van der Waals surface area contributed by atoms with E-state index in [9.17, 15) is 18.3 Å². The third kappa shape index (κ3) is 2.62. The van der Waals surface area contributed by atoms with Crippen molar-refractivity contribution in [3.8, 4) is 0 Å². The smallest absolute Gasteiger partial charge is 0.398 e.